The van der Waals surface area contributed by atoms with E-state index in [-0.39, 0.29) is 20.5 Å². The molecule has 100 valence electrons. The second-order valence-corrected chi connectivity index (χ2v) is 6.22. The first kappa shape index (κ1) is 12.8. The third-order valence-corrected chi connectivity index (χ3v) is 4.79. The van der Waals surface area contributed by atoms with Gasteiger partial charge < -0.3 is 0 Å². The van der Waals surface area contributed by atoms with Crippen LogP contribution in [0.15, 0.2) is 26.1 Å². The Bertz CT molecular complexity index is 586. The van der Waals surface area contributed by atoms with Crippen LogP contribution in [0, 0.1) is 0 Å². The number of anilines is 1. The van der Waals surface area contributed by atoms with Gasteiger partial charge in [0.15, 0.2) is 0 Å². The topological polar surface area (TPSA) is 65.8 Å². The van der Waals surface area contributed by atoms with Crippen molar-refractivity contribution in [1.82, 2.24) is 5.32 Å². The van der Waals surface area contributed by atoms with Gasteiger partial charge in [-0.25, -0.2) is 0 Å². The van der Waals surface area contributed by atoms with Crippen LogP contribution in [0.3, 0.4) is 0 Å². The van der Waals surface area contributed by atoms with E-state index in [4.69, 9.17) is 0 Å². The molecule has 6 heteroatoms. The Balaban J connectivity index is 1.81. The number of fused-ring (bicyclic) bond motifs is 1. The molecule has 2 aliphatic rings. The third kappa shape index (κ3) is 2.43. The van der Waals surface area contributed by atoms with Gasteiger partial charge in [-0.2, -0.15) is 0 Å². The van der Waals surface area contributed by atoms with Gasteiger partial charge in [-0.15, -0.1) is 0 Å². The van der Waals surface area contributed by atoms with E-state index in [0.717, 1.165) is 42.9 Å². The zero-order valence-corrected chi connectivity index (χ0v) is 12.5. The van der Waals surface area contributed by atoms with Gasteiger partial charge in [-0.05, 0) is 0 Å². The van der Waals surface area contributed by atoms with Crippen molar-refractivity contribution >= 4 is 37.5 Å². The zero-order valence-electron chi connectivity index (χ0n) is 10.8. The van der Waals surface area contributed by atoms with Crippen LogP contribution in [0.4, 0.5) is 17.1 Å². The Labute approximate surface area is 117 Å². The van der Waals surface area contributed by atoms with E-state index in [0.29, 0.717) is 0 Å². The molecule has 1 saturated heterocycles. The molecule has 1 amide bonds. The van der Waals surface area contributed by atoms with E-state index in [9.17, 15) is 4.79 Å². The molecule has 0 bridgehead atoms. The van der Waals surface area contributed by atoms with Crippen LogP contribution in [0.2, 0.25) is 0 Å². The molecule has 2 aliphatic heterocycles. The second-order valence-electron chi connectivity index (χ2n) is 5.11. The molecule has 1 aromatic rings. The molecule has 1 atom stereocenters. The van der Waals surface area contributed by atoms with Crippen LogP contribution in [0.1, 0.15) is 26.2 Å². The number of hydrogen-bond acceptors (Lipinski definition) is 4. The average molecular weight is 323 g/mol. The Hall–Kier alpha value is -1.23. The first-order valence-electron chi connectivity index (χ1n) is 6.47. The summed E-state index contributed by atoms with van der Waals surface area (Å²) in [5.74, 6) is 0.0233. The van der Waals surface area contributed by atoms with E-state index in [1.807, 2.05) is 25.1 Å². The summed E-state index contributed by atoms with van der Waals surface area (Å²) in [5.41, 5.74) is 2.02. The van der Waals surface area contributed by atoms with E-state index in [2.05, 4.69) is 18.6 Å². The summed E-state index contributed by atoms with van der Waals surface area (Å²) in [7, 11) is 0. The fourth-order valence-electron chi connectivity index (χ4n) is 2.42. The Kier molecular flexibility index (Phi) is 3.39. The normalized spacial score (nSPS) is 24.7. The van der Waals surface area contributed by atoms with Crippen LogP contribution in [-0.4, -0.2) is 32.6 Å². The SMILES string of the molecule is CC1(C(=O)Nc2cccc3c2N=[Se]=N3)CCCCN1. The predicted octanol–water partition coefficient (Wildman–Crippen LogP) is 2.51. The molecule has 1 fully saturated rings. The van der Waals surface area contributed by atoms with Gasteiger partial charge in [0.2, 0.25) is 0 Å². The standard InChI is InChI=1S/C13H16N4OSe/c1-13(7-2-3-8-14-13)12(18)15-9-5-4-6-10-11(9)17-19-16-10/h4-6,14H,2-3,7-8H2,1H3,(H,15,18). The molecular formula is C13H16N4OSe. The number of rotatable bonds is 2. The summed E-state index contributed by atoms with van der Waals surface area (Å²) in [4.78, 5) is 12.4. The minimum atomic E-state index is -0.470. The van der Waals surface area contributed by atoms with Gasteiger partial charge >= 0.3 is 117 Å². The number of carbonyl (C=O) groups excluding carboxylic acids is 1. The first-order valence-corrected chi connectivity index (χ1v) is 8.00. The number of nitrogens with zero attached hydrogens (tertiary/aromatic N) is 2. The summed E-state index contributed by atoms with van der Waals surface area (Å²) < 4.78 is 8.71. The van der Waals surface area contributed by atoms with Crippen molar-refractivity contribution in [2.75, 3.05) is 11.9 Å². The monoisotopic (exact) mass is 324 g/mol. The van der Waals surface area contributed by atoms with E-state index >= 15 is 0 Å². The molecule has 0 aromatic heterocycles. The molecule has 2 N–H and O–H groups in total. The first-order chi connectivity index (χ1) is 9.19. The Morgan fingerprint density at radius 3 is 3.11 bits per heavy atom. The molecular weight excluding hydrogens is 307 g/mol. The summed E-state index contributed by atoms with van der Waals surface area (Å²) >= 11 is -0.0733. The molecule has 0 spiro atoms. The van der Waals surface area contributed by atoms with Crippen molar-refractivity contribution < 1.29 is 4.79 Å². The Morgan fingerprint density at radius 1 is 1.42 bits per heavy atom. The van der Waals surface area contributed by atoms with Crippen LogP contribution < -0.4 is 10.6 Å². The zero-order chi connectivity index (χ0) is 13.3. The number of benzene rings is 1. The molecule has 19 heavy (non-hydrogen) atoms. The average Bonchev–Trinajstić information content (AvgIpc) is 2.89. The van der Waals surface area contributed by atoms with Crippen LogP contribution in [-0.2, 0) is 4.79 Å². The molecule has 5 nitrogen and oxygen atoms in total. The molecule has 0 saturated carbocycles. The van der Waals surface area contributed by atoms with Crippen molar-refractivity contribution in [3.8, 4) is 0 Å². The fraction of sp³-hybridized carbons (Fsp3) is 0.462. The number of nitrogens with one attached hydrogen (secondary N) is 2. The number of carbonyl (C=O) groups is 1. The second kappa shape index (κ2) is 5.04. The number of piperidine rings is 1. The Morgan fingerprint density at radius 2 is 2.32 bits per heavy atom. The van der Waals surface area contributed by atoms with Crippen molar-refractivity contribution in [3.05, 3.63) is 18.2 Å². The van der Waals surface area contributed by atoms with Crippen LogP contribution >= 0.6 is 0 Å². The molecule has 1 aromatic carbocycles. The molecule has 2 heterocycles. The summed E-state index contributed by atoms with van der Waals surface area (Å²) in [6, 6.07) is 5.73. The molecule has 3 rings (SSSR count). The van der Waals surface area contributed by atoms with Crippen molar-refractivity contribution in [2.24, 2.45) is 7.92 Å². The maximum atomic E-state index is 12.4. The van der Waals surface area contributed by atoms with E-state index in [1.54, 1.807) is 0 Å². The van der Waals surface area contributed by atoms with Crippen molar-refractivity contribution in [1.29, 1.82) is 0 Å². The minimum absolute atomic E-state index is 0.0233. The third-order valence-electron chi connectivity index (χ3n) is 3.65. The summed E-state index contributed by atoms with van der Waals surface area (Å²) in [6.45, 7) is 2.87. The van der Waals surface area contributed by atoms with E-state index in [1.165, 1.54) is 0 Å². The van der Waals surface area contributed by atoms with Gasteiger partial charge in [0.1, 0.15) is 0 Å². The summed E-state index contributed by atoms with van der Waals surface area (Å²) in [6.07, 6.45) is 3.10. The van der Waals surface area contributed by atoms with Crippen molar-refractivity contribution in [2.45, 2.75) is 31.7 Å². The molecule has 0 aliphatic carbocycles. The molecule has 1 unspecified atom stereocenters. The predicted molar refractivity (Wildman–Crippen MR) is 75.3 cm³/mol. The van der Waals surface area contributed by atoms with Crippen LogP contribution in [0.5, 0.6) is 0 Å². The van der Waals surface area contributed by atoms with Gasteiger partial charge in [-0.3, -0.25) is 0 Å². The summed E-state index contributed by atoms with van der Waals surface area (Å²) in [5, 5.41) is 6.33. The fourth-order valence-corrected chi connectivity index (χ4v) is 3.57. The van der Waals surface area contributed by atoms with Crippen molar-refractivity contribution in [3.63, 3.8) is 0 Å². The number of amides is 1. The van der Waals surface area contributed by atoms with Crippen LogP contribution in [0.25, 0.3) is 0 Å². The van der Waals surface area contributed by atoms with Gasteiger partial charge in [-0.1, -0.05) is 0 Å². The van der Waals surface area contributed by atoms with Gasteiger partial charge in [0, 0.05) is 0 Å². The molecule has 0 radical (unpaired) electrons. The quantitative estimate of drug-likeness (QED) is 0.834. The maximum absolute atomic E-state index is 12.4. The van der Waals surface area contributed by atoms with Gasteiger partial charge in [0.25, 0.3) is 0 Å². The van der Waals surface area contributed by atoms with E-state index < -0.39 is 5.54 Å². The number of hydrogen-bond donors (Lipinski definition) is 2. The van der Waals surface area contributed by atoms with Gasteiger partial charge in [0.05, 0.1) is 0 Å².